The topological polar surface area (TPSA) is 91.1 Å². The number of hydrogen-bond acceptors (Lipinski definition) is 8. The van der Waals surface area contributed by atoms with Crippen molar-refractivity contribution in [2.75, 3.05) is 0 Å². The minimum Gasteiger partial charge on any atom is -0.334 e. The molecule has 0 amide bonds. The van der Waals surface area contributed by atoms with Gasteiger partial charge in [-0.2, -0.15) is 16.3 Å². The number of para-hydroxylation sites is 1. The van der Waals surface area contributed by atoms with Crippen LogP contribution in [-0.4, -0.2) is 29.3 Å². The number of aryl methyl sites for hydroxylation is 1. The quantitative estimate of drug-likeness (QED) is 0.431. The van der Waals surface area contributed by atoms with E-state index in [-0.39, 0.29) is 5.56 Å². The fraction of sp³-hybridized carbons (Fsp3) is 0.118. The summed E-state index contributed by atoms with van der Waals surface area (Å²) >= 11 is 3.02. The van der Waals surface area contributed by atoms with Gasteiger partial charge in [-0.15, -0.1) is 10.2 Å². The summed E-state index contributed by atoms with van der Waals surface area (Å²) in [5, 5.41) is 17.7. The molecule has 27 heavy (non-hydrogen) atoms. The van der Waals surface area contributed by atoms with E-state index in [9.17, 15) is 4.79 Å². The first-order valence-electron chi connectivity index (χ1n) is 8.03. The highest BCUT2D eigenvalue weighted by Crippen LogP contribution is 2.25. The first-order valence-corrected chi connectivity index (χ1v) is 9.96. The van der Waals surface area contributed by atoms with Crippen molar-refractivity contribution in [3.05, 3.63) is 57.3 Å². The fourth-order valence-electron chi connectivity index (χ4n) is 2.85. The van der Waals surface area contributed by atoms with Gasteiger partial charge in [-0.1, -0.05) is 29.1 Å². The third kappa shape index (κ3) is 2.64. The molecule has 5 rings (SSSR count). The van der Waals surface area contributed by atoms with Crippen LogP contribution in [0.25, 0.3) is 28.1 Å². The zero-order valence-electron chi connectivity index (χ0n) is 14.1. The predicted molar refractivity (Wildman–Crippen MR) is 103 cm³/mol. The van der Waals surface area contributed by atoms with Crippen molar-refractivity contribution in [1.82, 2.24) is 29.3 Å². The minimum absolute atomic E-state index is 0.0966. The van der Waals surface area contributed by atoms with Gasteiger partial charge in [0.25, 0.3) is 11.4 Å². The van der Waals surface area contributed by atoms with Crippen molar-refractivity contribution in [3.63, 3.8) is 0 Å². The van der Waals surface area contributed by atoms with Crippen LogP contribution in [0.4, 0.5) is 0 Å². The van der Waals surface area contributed by atoms with Gasteiger partial charge in [-0.05, 0) is 23.6 Å². The van der Waals surface area contributed by atoms with Crippen LogP contribution in [0.1, 0.15) is 5.82 Å². The predicted octanol–water partition coefficient (Wildman–Crippen LogP) is 2.99. The summed E-state index contributed by atoms with van der Waals surface area (Å²) in [7, 11) is 1.69. The highest BCUT2D eigenvalue weighted by atomic mass is 32.2. The summed E-state index contributed by atoms with van der Waals surface area (Å²) in [6.45, 7) is 0. The largest absolute Gasteiger partial charge is 0.334 e. The lowest BCUT2D eigenvalue weighted by atomic mass is 10.2. The van der Waals surface area contributed by atoms with Gasteiger partial charge in [0.1, 0.15) is 0 Å². The third-order valence-corrected chi connectivity index (χ3v) is 5.77. The van der Waals surface area contributed by atoms with Crippen LogP contribution in [0.2, 0.25) is 0 Å². The van der Waals surface area contributed by atoms with Gasteiger partial charge in [0.2, 0.25) is 5.78 Å². The Morgan fingerprint density at radius 2 is 2.11 bits per heavy atom. The number of benzene rings is 1. The Balaban J connectivity index is 1.52. The summed E-state index contributed by atoms with van der Waals surface area (Å²) < 4.78 is 8.69. The van der Waals surface area contributed by atoms with Gasteiger partial charge in [0.05, 0.1) is 22.2 Å². The van der Waals surface area contributed by atoms with Crippen molar-refractivity contribution in [1.29, 1.82) is 0 Å². The highest BCUT2D eigenvalue weighted by molar-refractivity contribution is 7.98. The van der Waals surface area contributed by atoms with E-state index in [1.165, 1.54) is 16.3 Å². The second-order valence-corrected chi connectivity index (χ2v) is 7.54. The Bertz CT molecular complexity index is 1320. The molecule has 0 N–H and O–H groups in total. The number of thioether (sulfide) groups is 1. The molecule has 8 nitrogen and oxygen atoms in total. The molecule has 134 valence electrons. The zero-order chi connectivity index (χ0) is 18.4. The molecular formula is C17H12N6O2S2. The molecule has 0 aliphatic heterocycles. The molecule has 0 aliphatic rings. The summed E-state index contributed by atoms with van der Waals surface area (Å²) in [5.41, 5.74) is 1.59. The molecule has 0 bridgehead atoms. The Labute approximate surface area is 160 Å². The van der Waals surface area contributed by atoms with E-state index in [1.54, 1.807) is 24.5 Å². The van der Waals surface area contributed by atoms with E-state index < -0.39 is 0 Å². The number of hydrogen-bond donors (Lipinski definition) is 0. The van der Waals surface area contributed by atoms with Crippen LogP contribution in [0, 0.1) is 0 Å². The van der Waals surface area contributed by atoms with Gasteiger partial charge in [0.15, 0.2) is 11.0 Å². The van der Waals surface area contributed by atoms with E-state index in [1.807, 2.05) is 39.4 Å². The molecule has 5 aromatic rings. The highest BCUT2D eigenvalue weighted by Gasteiger charge is 2.16. The van der Waals surface area contributed by atoms with Gasteiger partial charge < -0.3 is 4.52 Å². The van der Waals surface area contributed by atoms with E-state index >= 15 is 0 Å². The van der Waals surface area contributed by atoms with Crippen molar-refractivity contribution in [3.8, 4) is 11.5 Å². The number of aromatic nitrogens is 6. The van der Waals surface area contributed by atoms with Crippen LogP contribution < -0.4 is 5.56 Å². The van der Waals surface area contributed by atoms with Crippen molar-refractivity contribution >= 4 is 39.8 Å². The SMILES string of the molecule is Cn1c(=O)c2ccccc2n2c(SCc3noc(-c4ccsc4)n3)nnc12. The molecule has 0 aliphatic carbocycles. The van der Waals surface area contributed by atoms with Crippen LogP contribution in [0.3, 0.4) is 0 Å². The molecule has 1 aromatic carbocycles. The number of nitrogens with zero attached hydrogens (tertiary/aromatic N) is 6. The lowest BCUT2D eigenvalue weighted by Crippen LogP contribution is -2.20. The van der Waals surface area contributed by atoms with Crippen molar-refractivity contribution < 1.29 is 4.52 Å². The molecule has 4 heterocycles. The Hall–Kier alpha value is -2.98. The summed E-state index contributed by atoms with van der Waals surface area (Å²) in [6.07, 6.45) is 0. The molecule has 0 saturated carbocycles. The third-order valence-electron chi connectivity index (χ3n) is 4.16. The lowest BCUT2D eigenvalue weighted by Gasteiger charge is -2.06. The summed E-state index contributed by atoms with van der Waals surface area (Å²) in [6, 6.07) is 9.37. The first-order chi connectivity index (χ1) is 13.2. The summed E-state index contributed by atoms with van der Waals surface area (Å²) in [4.78, 5) is 16.9. The monoisotopic (exact) mass is 396 g/mol. The van der Waals surface area contributed by atoms with Crippen molar-refractivity contribution in [2.24, 2.45) is 7.05 Å². The average molecular weight is 396 g/mol. The molecule has 0 spiro atoms. The average Bonchev–Trinajstić information content (AvgIpc) is 3.44. The number of thiophene rings is 1. The molecule has 0 radical (unpaired) electrons. The minimum atomic E-state index is -0.0966. The van der Waals surface area contributed by atoms with Crippen LogP contribution in [0.15, 0.2) is 55.6 Å². The van der Waals surface area contributed by atoms with Gasteiger partial charge >= 0.3 is 0 Å². The molecule has 0 unspecified atom stereocenters. The fourth-order valence-corrected chi connectivity index (χ4v) is 4.26. The number of rotatable bonds is 4. The van der Waals surface area contributed by atoms with E-state index in [2.05, 4.69) is 20.3 Å². The van der Waals surface area contributed by atoms with E-state index in [0.29, 0.717) is 33.8 Å². The molecule has 10 heteroatoms. The molecule has 0 saturated heterocycles. The molecular weight excluding hydrogens is 384 g/mol. The van der Waals surface area contributed by atoms with Crippen LogP contribution >= 0.6 is 23.1 Å². The maximum absolute atomic E-state index is 12.5. The number of fused-ring (bicyclic) bond motifs is 3. The summed E-state index contributed by atoms with van der Waals surface area (Å²) in [5.74, 6) is 2.05. The standard InChI is InChI=1S/C17H12N6O2S2/c1-22-15(24)11-4-2-3-5-12(11)23-16(22)19-20-17(23)27-9-13-18-14(25-21-13)10-6-7-26-8-10/h2-8H,9H2,1H3. The van der Waals surface area contributed by atoms with Gasteiger partial charge in [0, 0.05) is 12.4 Å². The first kappa shape index (κ1) is 16.2. The second kappa shape index (κ2) is 6.32. The van der Waals surface area contributed by atoms with Crippen molar-refractivity contribution in [2.45, 2.75) is 10.9 Å². The maximum Gasteiger partial charge on any atom is 0.262 e. The van der Waals surface area contributed by atoms with Gasteiger partial charge in [-0.25, -0.2) is 0 Å². The smallest absolute Gasteiger partial charge is 0.262 e. The Morgan fingerprint density at radius 3 is 2.96 bits per heavy atom. The van der Waals surface area contributed by atoms with Crippen LogP contribution in [0.5, 0.6) is 0 Å². The zero-order valence-corrected chi connectivity index (χ0v) is 15.7. The van der Waals surface area contributed by atoms with Gasteiger partial charge in [-0.3, -0.25) is 13.8 Å². The second-order valence-electron chi connectivity index (χ2n) is 5.82. The molecule has 0 fully saturated rings. The molecule has 0 atom stereocenters. The molecule has 4 aromatic heterocycles. The normalized spacial score (nSPS) is 11.6. The lowest BCUT2D eigenvalue weighted by molar-refractivity contribution is 0.425. The van der Waals surface area contributed by atoms with Crippen LogP contribution in [-0.2, 0) is 12.8 Å². The Morgan fingerprint density at radius 1 is 1.22 bits per heavy atom. The van der Waals surface area contributed by atoms with E-state index in [0.717, 1.165) is 11.1 Å². The Kier molecular flexibility index (Phi) is 3.80. The maximum atomic E-state index is 12.5. The van der Waals surface area contributed by atoms with E-state index in [4.69, 9.17) is 4.52 Å².